The van der Waals surface area contributed by atoms with Gasteiger partial charge < -0.3 is 9.57 Å². The largest absolute Gasteiger partial charge is 0.379 e. The summed E-state index contributed by atoms with van der Waals surface area (Å²) < 4.78 is 5.23. The Balaban J connectivity index is 1.78. The number of hydrogen-bond acceptors (Lipinski definition) is 4. The van der Waals surface area contributed by atoms with Crippen LogP contribution in [0.25, 0.3) is 0 Å². The van der Waals surface area contributed by atoms with Crippen molar-refractivity contribution in [1.29, 1.82) is 0 Å². The molecule has 0 spiro atoms. The number of carbonyl (C=O) groups excluding carboxylic acids is 1. The Hall–Kier alpha value is -0.870. The molecule has 0 unspecified atom stereocenters. The van der Waals surface area contributed by atoms with Crippen molar-refractivity contribution in [1.82, 2.24) is 5.06 Å². The number of carbonyl (C=O) groups is 1. The summed E-state index contributed by atoms with van der Waals surface area (Å²) in [5, 5.41) is 1.73. The lowest BCUT2D eigenvalue weighted by atomic mass is 10.1. The number of morpholine rings is 1. The summed E-state index contributed by atoms with van der Waals surface area (Å²) in [5.41, 5.74) is 0. The van der Waals surface area contributed by atoms with E-state index in [9.17, 15) is 4.79 Å². The molecule has 1 heterocycles. The van der Waals surface area contributed by atoms with Crippen LogP contribution in [-0.4, -0.2) is 37.3 Å². The van der Waals surface area contributed by atoms with Gasteiger partial charge in [0.05, 0.1) is 26.3 Å². The van der Waals surface area contributed by atoms with Gasteiger partial charge in [-0.2, -0.15) is 0 Å². The predicted molar refractivity (Wildman–Crippen MR) is 108 cm³/mol. The van der Waals surface area contributed by atoms with Crippen LogP contribution < -0.4 is 0 Å². The topological polar surface area (TPSA) is 38.8 Å². The summed E-state index contributed by atoms with van der Waals surface area (Å²) in [5.74, 6) is -0.0930. The minimum Gasteiger partial charge on any atom is -0.379 e. The number of hydroxylamine groups is 2. The van der Waals surface area contributed by atoms with Crippen LogP contribution in [0.1, 0.15) is 96.8 Å². The van der Waals surface area contributed by atoms with Crippen molar-refractivity contribution in [2.75, 3.05) is 26.3 Å². The molecular weight excluding hydrogens is 326 g/mol. The van der Waals surface area contributed by atoms with E-state index in [-0.39, 0.29) is 5.97 Å². The molecule has 1 aliphatic heterocycles. The first-order valence-electron chi connectivity index (χ1n) is 11.0. The summed E-state index contributed by atoms with van der Waals surface area (Å²) in [7, 11) is 0. The highest BCUT2D eigenvalue weighted by Crippen LogP contribution is 2.10. The van der Waals surface area contributed by atoms with E-state index in [1.165, 1.54) is 70.6 Å². The maximum absolute atomic E-state index is 11.7. The molecule has 0 aromatic carbocycles. The van der Waals surface area contributed by atoms with Crippen LogP contribution in [-0.2, 0) is 14.4 Å². The van der Waals surface area contributed by atoms with Gasteiger partial charge in [0.25, 0.3) is 0 Å². The van der Waals surface area contributed by atoms with E-state index >= 15 is 0 Å². The van der Waals surface area contributed by atoms with E-state index in [1.807, 2.05) is 0 Å². The molecule has 0 aromatic heterocycles. The first-order valence-corrected chi connectivity index (χ1v) is 11.0. The van der Waals surface area contributed by atoms with Crippen molar-refractivity contribution in [2.45, 2.75) is 96.8 Å². The van der Waals surface area contributed by atoms with Gasteiger partial charge in [0, 0.05) is 6.42 Å². The normalized spacial score (nSPS) is 15.6. The molecule has 0 aromatic rings. The third-order valence-corrected chi connectivity index (χ3v) is 4.84. The van der Waals surface area contributed by atoms with E-state index in [0.29, 0.717) is 32.7 Å². The second kappa shape index (κ2) is 17.5. The third kappa shape index (κ3) is 14.3. The quantitative estimate of drug-likeness (QED) is 0.255. The standard InChI is InChI=1S/C22H41NO3/c1-2-3-4-5-6-7-8-9-10-11-12-13-14-15-16-17-22(24)26-23-18-20-25-21-19-23/h9-10H,2-8,11-21H2,1H3/b10-9-. The molecule has 0 bridgehead atoms. The van der Waals surface area contributed by atoms with Gasteiger partial charge in [0.1, 0.15) is 0 Å². The van der Waals surface area contributed by atoms with E-state index in [1.54, 1.807) is 5.06 Å². The Morgan fingerprint density at radius 2 is 1.38 bits per heavy atom. The molecule has 4 nitrogen and oxygen atoms in total. The van der Waals surface area contributed by atoms with E-state index in [2.05, 4.69) is 19.1 Å². The molecule has 0 aliphatic carbocycles. The maximum atomic E-state index is 11.7. The molecule has 0 radical (unpaired) electrons. The van der Waals surface area contributed by atoms with Gasteiger partial charge in [-0.1, -0.05) is 70.4 Å². The van der Waals surface area contributed by atoms with Gasteiger partial charge in [0.15, 0.2) is 0 Å². The smallest absolute Gasteiger partial charge is 0.325 e. The SMILES string of the molecule is CCCCCCCC/C=C\CCCCCCCC(=O)ON1CCOCC1. The lowest BCUT2D eigenvalue weighted by Gasteiger charge is -2.24. The highest BCUT2D eigenvalue weighted by Gasteiger charge is 2.14. The van der Waals surface area contributed by atoms with Crippen LogP contribution in [0.5, 0.6) is 0 Å². The van der Waals surface area contributed by atoms with Crippen LogP contribution in [0.15, 0.2) is 12.2 Å². The summed E-state index contributed by atoms with van der Waals surface area (Å²) in [6, 6.07) is 0. The zero-order chi connectivity index (χ0) is 18.7. The Morgan fingerprint density at radius 1 is 0.846 bits per heavy atom. The monoisotopic (exact) mass is 367 g/mol. The number of ether oxygens (including phenoxy) is 1. The minimum atomic E-state index is -0.0930. The van der Waals surface area contributed by atoms with Gasteiger partial charge in [0.2, 0.25) is 0 Å². The first kappa shape index (κ1) is 23.2. The van der Waals surface area contributed by atoms with Crippen molar-refractivity contribution in [3.63, 3.8) is 0 Å². The predicted octanol–water partition coefficient (Wildman–Crippen LogP) is 5.81. The molecule has 1 rings (SSSR count). The van der Waals surface area contributed by atoms with Gasteiger partial charge in [-0.3, -0.25) is 4.79 Å². The fraction of sp³-hybridized carbons (Fsp3) is 0.864. The van der Waals surface area contributed by atoms with Crippen molar-refractivity contribution < 1.29 is 14.4 Å². The minimum absolute atomic E-state index is 0.0930. The van der Waals surface area contributed by atoms with Gasteiger partial charge in [-0.05, 0) is 32.1 Å². The van der Waals surface area contributed by atoms with Crippen LogP contribution in [0.4, 0.5) is 0 Å². The highest BCUT2D eigenvalue weighted by molar-refractivity contribution is 5.68. The molecule has 1 saturated heterocycles. The van der Waals surface area contributed by atoms with Crippen molar-refractivity contribution in [3.05, 3.63) is 12.2 Å². The average Bonchev–Trinajstić information content (AvgIpc) is 2.65. The fourth-order valence-electron chi connectivity index (χ4n) is 3.17. The molecule has 0 saturated carbocycles. The van der Waals surface area contributed by atoms with Crippen LogP contribution in [0.3, 0.4) is 0 Å². The number of unbranched alkanes of at least 4 members (excludes halogenated alkanes) is 11. The summed E-state index contributed by atoms with van der Waals surface area (Å²) in [6.45, 7) is 4.96. The van der Waals surface area contributed by atoms with Crippen LogP contribution >= 0.6 is 0 Å². The third-order valence-electron chi connectivity index (χ3n) is 4.84. The van der Waals surface area contributed by atoms with E-state index in [4.69, 9.17) is 9.57 Å². The van der Waals surface area contributed by atoms with E-state index < -0.39 is 0 Å². The Morgan fingerprint density at radius 3 is 2.00 bits per heavy atom. The van der Waals surface area contributed by atoms with Crippen LogP contribution in [0, 0.1) is 0 Å². The molecule has 1 aliphatic rings. The van der Waals surface area contributed by atoms with Crippen molar-refractivity contribution in [2.24, 2.45) is 0 Å². The summed E-state index contributed by atoms with van der Waals surface area (Å²) >= 11 is 0. The second-order valence-electron chi connectivity index (χ2n) is 7.34. The lowest BCUT2D eigenvalue weighted by Crippen LogP contribution is -2.37. The van der Waals surface area contributed by atoms with Crippen LogP contribution in [0.2, 0.25) is 0 Å². The summed E-state index contributed by atoms with van der Waals surface area (Å²) in [4.78, 5) is 17.0. The molecule has 0 amide bonds. The second-order valence-corrected chi connectivity index (χ2v) is 7.34. The van der Waals surface area contributed by atoms with E-state index in [0.717, 1.165) is 12.8 Å². The average molecular weight is 368 g/mol. The molecule has 1 fully saturated rings. The zero-order valence-electron chi connectivity index (χ0n) is 17.1. The highest BCUT2D eigenvalue weighted by atomic mass is 16.7. The first-order chi connectivity index (χ1) is 12.8. The Bertz CT molecular complexity index is 351. The number of rotatable bonds is 16. The number of hydrogen-bond donors (Lipinski definition) is 0. The molecule has 4 heteroatoms. The Kier molecular flexibility index (Phi) is 15.6. The number of nitrogens with zero attached hydrogens (tertiary/aromatic N) is 1. The van der Waals surface area contributed by atoms with Gasteiger partial charge >= 0.3 is 5.97 Å². The molecule has 0 N–H and O–H groups in total. The molecule has 0 atom stereocenters. The lowest BCUT2D eigenvalue weighted by molar-refractivity contribution is -0.205. The number of allylic oxidation sites excluding steroid dienone is 2. The fourth-order valence-corrected chi connectivity index (χ4v) is 3.17. The van der Waals surface area contributed by atoms with Crippen molar-refractivity contribution in [3.8, 4) is 0 Å². The summed E-state index contributed by atoms with van der Waals surface area (Å²) in [6.07, 6.45) is 21.8. The van der Waals surface area contributed by atoms with Gasteiger partial charge in [-0.25, -0.2) is 0 Å². The molecule has 26 heavy (non-hydrogen) atoms. The maximum Gasteiger partial charge on any atom is 0.325 e. The van der Waals surface area contributed by atoms with Crippen molar-refractivity contribution >= 4 is 5.97 Å². The zero-order valence-corrected chi connectivity index (χ0v) is 17.1. The Labute approximate surface area is 161 Å². The molecule has 152 valence electrons. The van der Waals surface area contributed by atoms with Gasteiger partial charge in [-0.15, -0.1) is 5.06 Å². The molecular formula is C22H41NO3.